The molecule has 15 heavy (non-hydrogen) atoms. The molecule has 84 valence electrons. The Labute approximate surface area is 90.0 Å². The molecular weight excluding hydrogens is 214 g/mol. The fourth-order valence-electron chi connectivity index (χ4n) is 1.06. The predicted octanol–water partition coefficient (Wildman–Crippen LogP) is 0.818. The second-order valence-corrected chi connectivity index (χ2v) is 5.25. The molecule has 0 saturated heterocycles. The largest absolute Gasteiger partial charge is 0.494 e. The van der Waals surface area contributed by atoms with Crippen molar-refractivity contribution >= 4 is 9.84 Å². The van der Waals surface area contributed by atoms with Crippen LogP contribution in [0.25, 0.3) is 0 Å². The van der Waals surface area contributed by atoms with Crippen molar-refractivity contribution in [3.05, 3.63) is 24.3 Å². The zero-order chi connectivity index (χ0) is 11.3. The van der Waals surface area contributed by atoms with E-state index in [4.69, 9.17) is 10.5 Å². The van der Waals surface area contributed by atoms with Crippen LogP contribution in [-0.2, 0) is 9.84 Å². The second kappa shape index (κ2) is 5.14. The molecule has 0 saturated carbocycles. The summed E-state index contributed by atoms with van der Waals surface area (Å²) in [4.78, 5) is 0.300. The summed E-state index contributed by atoms with van der Waals surface area (Å²) in [5.41, 5.74) is 5.31. The Morgan fingerprint density at radius 3 is 2.33 bits per heavy atom. The normalized spacial score (nSPS) is 11.3. The smallest absolute Gasteiger partial charge is 0.175 e. The van der Waals surface area contributed by atoms with Crippen molar-refractivity contribution in [2.75, 3.05) is 19.4 Å². The molecule has 1 rings (SSSR count). The molecule has 0 aromatic heterocycles. The first-order valence-electron chi connectivity index (χ1n) is 4.67. The lowest BCUT2D eigenvalue weighted by Gasteiger charge is -2.05. The number of benzene rings is 1. The van der Waals surface area contributed by atoms with Gasteiger partial charge < -0.3 is 10.5 Å². The number of sulfone groups is 1. The second-order valence-electron chi connectivity index (χ2n) is 3.23. The topological polar surface area (TPSA) is 69.4 Å². The molecule has 0 fully saturated rings. The van der Waals surface area contributed by atoms with Gasteiger partial charge in [-0.25, -0.2) is 8.42 Å². The highest BCUT2D eigenvalue weighted by atomic mass is 32.2. The lowest BCUT2D eigenvalue weighted by Crippen LogP contribution is -2.06. The zero-order valence-electron chi connectivity index (χ0n) is 8.64. The maximum atomic E-state index is 11.1. The fourth-order valence-corrected chi connectivity index (χ4v) is 1.69. The Balaban J connectivity index is 2.65. The Bertz CT molecular complexity index is 397. The first-order chi connectivity index (χ1) is 7.04. The number of hydrogen-bond donors (Lipinski definition) is 1. The SMILES string of the molecule is CS(=O)(=O)c1ccc(OCCCN)cc1. The molecule has 2 N–H and O–H groups in total. The fraction of sp³-hybridized carbons (Fsp3) is 0.400. The lowest BCUT2D eigenvalue weighted by atomic mass is 10.3. The van der Waals surface area contributed by atoms with Crippen molar-refractivity contribution in [1.82, 2.24) is 0 Å². The molecule has 4 nitrogen and oxygen atoms in total. The molecule has 0 amide bonds. The molecular formula is C10H15NO3S. The summed E-state index contributed by atoms with van der Waals surface area (Å²) < 4.78 is 27.6. The van der Waals surface area contributed by atoms with E-state index in [1.807, 2.05) is 0 Å². The predicted molar refractivity (Wildman–Crippen MR) is 58.7 cm³/mol. The van der Waals surface area contributed by atoms with Crippen LogP contribution in [0.2, 0.25) is 0 Å². The highest BCUT2D eigenvalue weighted by Crippen LogP contribution is 2.15. The van der Waals surface area contributed by atoms with Crippen LogP contribution in [0.15, 0.2) is 29.2 Å². The van der Waals surface area contributed by atoms with Crippen LogP contribution in [0.3, 0.4) is 0 Å². The Morgan fingerprint density at radius 1 is 1.27 bits per heavy atom. The molecule has 0 atom stereocenters. The van der Waals surface area contributed by atoms with Gasteiger partial charge in [-0.3, -0.25) is 0 Å². The molecule has 1 aromatic rings. The molecule has 0 heterocycles. The van der Waals surface area contributed by atoms with Gasteiger partial charge in [0.1, 0.15) is 5.75 Å². The summed E-state index contributed by atoms with van der Waals surface area (Å²) in [6, 6.07) is 6.36. The van der Waals surface area contributed by atoms with E-state index in [1.165, 1.54) is 18.4 Å². The molecule has 0 bridgehead atoms. The highest BCUT2D eigenvalue weighted by Gasteiger charge is 2.05. The number of nitrogens with two attached hydrogens (primary N) is 1. The van der Waals surface area contributed by atoms with E-state index in [0.717, 1.165) is 6.42 Å². The summed E-state index contributed by atoms with van der Waals surface area (Å²) in [5.74, 6) is 0.663. The van der Waals surface area contributed by atoms with Crippen LogP contribution in [0.4, 0.5) is 0 Å². The van der Waals surface area contributed by atoms with Crippen molar-refractivity contribution in [3.8, 4) is 5.75 Å². The van der Waals surface area contributed by atoms with Gasteiger partial charge in [0.05, 0.1) is 11.5 Å². The third kappa shape index (κ3) is 3.89. The van der Waals surface area contributed by atoms with E-state index >= 15 is 0 Å². The third-order valence-electron chi connectivity index (χ3n) is 1.87. The molecule has 0 radical (unpaired) electrons. The van der Waals surface area contributed by atoms with Crippen LogP contribution in [-0.4, -0.2) is 27.8 Å². The van der Waals surface area contributed by atoms with E-state index in [2.05, 4.69) is 0 Å². The number of ether oxygens (including phenoxy) is 1. The van der Waals surface area contributed by atoms with Gasteiger partial charge >= 0.3 is 0 Å². The molecule has 5 heteroatoms. The van der Waals surface area contributed by atoms with Gasteiger partial charge in [0.2, 0.25) is 0 Å². The minimum atomic E-state index is -3.12. The van der Waals surface area contributed by atoms with Gasteiger partial charge in [0.15, 0.2) is 9.84 Å². The van der Waals surface area contributed by atoms with Crippen LogP contribution < -0.4 is 10.5 Å². The summed E-state index contributed by atoms with van der Waals surface area (Å²) in [7, 11) is -3.12. The van der Waals surface area contributed by atoms with Crippen LogP contribution >= 0.6 is 0 Å². The van der Waals surface area contributed by atoms with Crippen molar-refractivity contribution in [3.63, 3.8) is 0 Å². The minimum absolute atomic E-state index is 0.300. The molecule has 0 aliphatic heterocycles. The van der Waals surface area contributed by atoms with E-state index < -0.39 is 9.84 Å². The van der Waals surface area contributed by atoms with Crippen molar-refractivity contribution in [2.24, 2.45) is 5.73 Å². The van der Waals surface area contributed by atoms with E-state index in [1.54, 1.807) is 12.1 Å². The van der Waals surface area contributed by atoms with Crippen molar-refractivity contribution in [2.45, 2.75) is 11.3 Å². The Kier molecular flexibility index (Phi) is 4.11. The molecule has 0 aliphatic rings. The standard InChI is InChI=1S/C10H15NO3S/c1-15(12,13)10-5-3-9(4-6-10)14-8-2-7-11/h3-6H,2,7-8,11H2,1H3. The van der Waals surface area contributed by atoms with Crippen molar-refractivity contribution < 1.29 is 13.2 Å². The van der Waals surface area contributed by atoms with Gasteiger partial charge in [-0.1, -0.05) is 0 Å². The summed E-state index contributed by atoms with van der Waals surface area (Å²) in [6.07, 6.45) is 1.96. The average Bonchev–Trinajstić information content (AvgIpc) is 2.18. The molecule has 0 spiro atoms. The molecule has 0 aliphatic carbocycles. The summed E-state index contributed by atoms with van der Waals surface area (Å²) in [5, 5.41) is 0. The third-order valence-corrected chi connectivity index (χ3v) is 3.00. The summed E-state index contributed by atoms with van der Waals surface area (Å²) in [6.45, 7) is 1.14. The molecule has 1 aromatic carbocycles. The Hall–Kier alpha value is -1.07. The van der Waals surface area contributed by atoms with Gasteiger partial charge in [-0.05, 0) is 37.2 Å². The summed E-state index contributed by atoms with van der Waals surface area (Å²) >= 11 is 0. The highest BCUT2D eigenvalue weighted by molar-refractivity contribution is 7.90. The lowest BCUT2D eigenvalue weighted by molar-refractivity contribution is 0.313. The Morgan fingerprint density at radius 2 is 1.87 bits per heavy atom. The quantitative estimate of drug-likeness (QED) is 0.759. The zero-order valence-corrected chi connectivity index (χ0v) is 9.46. The van der Waals surface area contributed by atoms with E-state index in [9.17, 15) is 8.42 Å². The van der Waals surface area contributed by atoms with Crippen LogP contribution in [0.1, 0.15) is 6.42 Å². The van der Waals surface area contributed by atoms with Gasteiger partial charge in [0, 0.05) is 6.26 Å². The number of rotatable bonds is 5. The van der Waals surface area contributed by atoms with Crippen LogP contribution in [0.5, 0.6) is 5.75 Å². The maximum absolute atomic E-state index is 11.1. The maximum Gasteiger partial charge on any atom is 0.175 e. The van der Waals surface area contributed by atoms with E-state index in [-0.39, 0.29) is 0 Å². The first-order valence-corrected chi connectivity index (χ1v) is 6.56. The number of hydrogen-bond acceptors (Lipinski definition) is 4. The van der Waals surface area contributed by atoms with Gasteiger partial charge in [0.25, 0.3) is 0 Å². The monoisotopic (exact) mass is 229 g/mol. The molecule has 0 unspecified atom stereocenters. The van der Waals surface area contributed by atoms with Crippen LogP contribution in [0, 0.1) is 0 Å². The van der Waals surface area contributed by atoms with Crippen molar-refractivity contribution in [1.29, 1.82) is 0 Å². The van der Waals surface area contributed by atoms with E-state index in [0.29, 0.717) is 23.8 Å². The average molecular weight is 229 g/mol. The van der Waals surface area contributed by atoms with Gasteiger partial charge in [-0.15, -0.1) is 0 Å². The minimum Gasteiger partial charge on any atom is -0.494 e. The first kappa shape index (κ1) is 12.0. The van der Waals surface area contributed by atoms with Gasteiger partial charge in [-0.2, -0.15) is 0 Å².